The second-order valence-electron chi connectivity index (χ2n) is 5.95. The van der Waals surface area contributed by atoms with Crippen LogP contribution in [0.15, 0.2) is 77.7 Å². The molecule has 0 aliphatic carbocycles. The molecule has 1 amide bonds. The summed E-state index contributed by atoms with van der Waals surface area (Å²) in [5, 5.41) is 2.69. The molecule has 3 aromatic carbocycles. The third-order valence-electron chi connectivity index (χ3n) is 3.95. The third kappa shape index (κ3) is 4.87. The van der Waals surface area contributed by atoms with Crippen LogP contribution in [0.3, 0.4) is 0 Å². The van der Waals surface area contributed by atoms with Crippen molar-refractivity contribution in [2.45, 2.75) is 4.90 Å². The van der Waals surface area contributed by atoms with Gasteiger partial charge in [0.1, 0.15) is 12.4 Å². The van der Waals surface area contributed by atoms with Crippen molar-refractivity contribution in [2.24, 2.45) is 0 Å². The molecule has 0 aliphatic rings. The predicted octanol–water partition coefficient (Wildman–Crippen LogP) is 4.97. The molecule has 0 bridgehead atoms. The standard InChI is InChI=1S/C20H15Cl2FN2O3S/c21-17-7-4-8-18(20(17)22)25(29(27,28)16-5-2-1-3-6-16)13-19(26)24-15-11-9-14(23)10-12-15/h1-12H,13H2,(H,24,26). The minimum atomic E-state index is -4.12. The number of hydrogen-bond donors (Lipinski definition) is 1. The van der Waals surface area contributed by atoms with E-state index in [1.807, 2.05) is 0 Å². The molecule has 0 spiro atoms. The summed E-state index contributed by atoms with van der Waals surface area (Å²) in [6.07, 6.45) is 0. The van der Waals surface area contributed by atoms with Gasteiger partial charge in [-0.1, -0.05) is 47.5 Å². The molecule has 0 atom stereocenters. The van der Waals surface area contributed by atoms with Crippen LogP contribution >= 0.6 is 23.2 Å². The first-order valence-corrected chi connectivity index (χ1v) is 10.6. The van der Waals surface area contributed by atoms with Crippen LogP contribution < -0.4 is 9.62 Å². The quantitative estimate of drug-likeness (QED) is 0.574. The zero-order valence-corrected chi connectivity index (χ0v) is 17.2. The van der Waals surface area contributed by atoms with Crippen LogP contribution in [0.4, 0.5) is 15.8 Å². The van der Waals surface area contributed by atoms with Gasteiger partial charge < -0.3 is 5.32 Å². The monoisotopic (exact) mass is 452 g/mol. The summed E-state index contributed by atoms with van der Waals surface area (Å²) in [6.45, 7) is -0.561. The molecule has 150 valence electrons. The smallest absolute Gasteiger partial charge is 0.264 e. The van der Waals surface area contributed by atoms with Crippen LogP contribution in [-0.2, 0) is 14.8 Å². The summed E-state index contributed by atoms with van der Waals surface area (Å²) in [7, 11) is -4.12. The number of carbonyl (C=O) groups excluding carboxylic acids is 1. The summed E-state index contributed by atoms with van der Waals surface area (Å²) in [6, 6.07) is 17.3. The van der Waals surface area contributed by atoms with Gasteiger partial charge in [0.2, 0.25) is 5.91 Å². The van der Waals surface area contributed by atoms with Gasteiger partial charge in [-0.05, 0) is 48.5 Å². The Kier molecular flexibility index (Phi) is 6.42. The number of nitrogens with zero attached hydrogens (tertiary/aromatic N) is 1. The highest BCUT2D eigenvalue weighted by molar-refractivity contribution is 7.92. The lowest BCUT2D eigenvalue weighted by molar-refractivity contribution is -0.114. The number of anilines is 2. The highest BCUT2D eigenvalue weighted by atomic mass is 35.5. The lowest BCUT2D eigenvalue weighted by Crippen LogP contribution is -2.38. The van der Waals surface area contributed by atoms with Gasteiger partial charge in [-0.3, -0.25) is 9.10 Å². The number of carbonyl (C=O) groups is 1. The average molecular weight is 453 g/mol. The highest BCUT2D eigenvalue weighted by Crippen LogP contribution is 2.35. The van der Waals surface area contributed by atoms with Gasteiger partial charge in [-0.25, -0.2) is 12.8 Å². The van der Waals surface area contributed by atoms with Gasteiger partial charge in [-0.15, -0.1) is 0 Å². The van der Waals surface area contributed by atoms with E-state index in [4.69, 9.17) is 23.2 Å². The molecule has 0 heterocycles. The molecule has 3 aromatic rings. The molecule has 9 heteroatoms. The van der Waals surface area contributed by atoms with E-state index >= 15 is 0 Å². The van der Waals surface area contributed by atoms with Crippen LogP contribution in [0.2, 0.25) is 10.0 Å². The second-order valence-corrected chi connectivity index (χ2v) is 8.60. The molecule has 0 aromatic heterocycles. The Morgan fingerprint density at radius 1 is 0.931 bits per heavy atom. The maximum absolute atomic E-state index is 13.2. The van der Waals surface area contributed by atoms with Crippen molar-refractivity contribution in [1.29, 1.82) is 0 Å². The Labute approximate surface area is 177 Å². The lowest BCUT2D eigenvalue weighted by atomic mass is 10.3. The summed E-state index contributed by atoms with van der Waals surface area (Å²) >= 11 is 12.3. The Hall–Kier alpha value is -2.61. The van der Waals surface area contributed by atoms with E-state index in [1.165, 1.54) is 54.6 Å². The van der Waals surface area contributed by atoms with Gasteiger partial charge >= 0.3 is 0 Å². The zero-order valence-electron chi connectivity index (χ0n) is 14.8. The van der Waals surface area contributed by atoms with Crippen LogP contribution in [0, 0.1) is 5.82 Å². The molecule has 29 heavy (non-hydrogen) atoms. The number of hydrogen-bond acceptors (Lipinski definition) is 3. The van der Waals surface area contributed by atoms with E-state index < -0.39 is 28.3 Å². The Morgan fingerprint density at radius 2 is 1.59 bits per heavy atom. The summed E-state index contributed by atoms with van der Waals surface area (Å²) < 4.78 is 40.4. The number of nitrogens with one attached hydrogen (secondary N) is 1. The number of sulfonamides is 1. The fourth-order valence-electron chi connectivity index (χ4n) is 2.57. The van der Waals surface area contributed by atoms with E-state index in [2.05, 4.69) is 5.32 Å². The fraction of sp³-hybridized carbons (Fsp3) is 0.0500. The van der Waals surface area contributed by atoms with Crippen molar-refractivity contribution in [1.82, 2.24) is 0 Å². The van der Waals surface area contributed by atoms with Gasteiger partial charge in [0, 0.05) is 5.69 Å². The maximum atomic E-state index is 13.2. The molecule has 5 nitrogen and oxygen atoms in total. The summed E-state index contributed by atoms with van der Waals surface area (Å²) in [4.78, 5) is 12.6. The van der Waals surface area contributed by atoms with Crippen LogP contribution in [-0.4, -0.2) is 20.9 Å². The first-order valence-electron chi connectivity index (χ1n) is 8.36. The molecule has 0 fully saturated rings. The largest absolute Gasteiger partial charge is 0.325 e. The molecule has 0 saturated heterocycles. The lowest BCUT2D eigenvalue weighted by Gasteiger charge is -2.25. The van der Waals surface area contributed by atoms with Gasteiger partial charge in [-0.2, -0.15) is 0 Å². The Bertz CT molecular complexity index is 1120. The Morgan fingerprint density at radius 3 is 2.24 bits per heavy atom. The molecule has 0 saturated carbocycles. The van der Waals surface area contributed by atoms with E-state index in [9.17, 15) is 17.6 Å². The first kappa shape index (κ1) is 21.1. The number of halogens is 3. The van der Waals surface area contributed by atoms with Crippen molar-refractivity contribution >= 4 is 50.5 Å². The summed E-state index contributed by atoms with van der Waals surface area (Å²) in [5.74, 6) is -1.09. The van der Waals surface area contributed by atoms with E-state index in [0.29, 0.717) is 5.69 Å². The van der Waals surface area contributed by atoms with E-state index in [-0.39, 0.29) is 20.6 Å². The minimum Gasteiger partial charge on any atom is -0.325 e. The van der Waals surface area contributed by atoms with Gasteiger partial charge in [0.25, 0.3) is 10.0 Å². The second kappa shape index (κ2) is 8.82. The normalized spacial score (nSPS) is 11.1. The van der Waals surface area contributed by atoms with Gasteiger partial charge in [0.15, 0.2) is 0 Å². The highest BCUT2D eigenvalue weighted by Gasteiger charge is 2.29. The number of rotatable bonds is 6. The third-order valence-corrected chi connectivity index (χ3v) is 6.53. The van der Waals surface area contributed by atoms with Crippen molar-refractivity contribution in [3.05, 3.63) is 88.7 Å². The van der Waals surface area contributed by atoms with Crippen LogP contribution in [0.25, 0.3) is 0 Å². The minimum absolute atomic E-state index is 0.00301. The maximum Gasteiger partial charge on any atom is 0.264 e. The molecule has 0 radical (unpaired) electrons. The van der Waals surface area contributed by atoms with E-state index in [1.54, 1.807) is 18.2 Å². The molecule has 0 aliphatic heterocycles. The van der Waals surface area contributed by atoms with Gasteiger partial charge in [0.05, 0.1) is 20.6 Å². The zero-order chi connectivity index (χ0) is 21.0. The summed E-state index contributed by atoms with van der Waals surface area (Å²) in [5.41, 5.74) is 0.392. The predicted molar refractivity (Wildman–Crippen MR) is 112 cm³/mol. The van der Waals surface area contributed by atoms with Crippen molar-refractivity contribution in [2.75, 3.05) is 16.2 Å². The van der Waals surface area contributed by atoms with Crippen LogP contribution in [0.1, 0.15) is 0 Å². The van der Waals surface area contributed by atoms with E-state index in [0.717, 1.165) is 4.31 Å². The first-order chi connectivity index (χ1) is 13.8. The fourth-order valence-corrected chi connectivity index (χ4v) is 4.47. The SMILES string of the molecule is O=C(CN(c1cccc(Cl)c1Cl)S(=O)(=O)c1ccccc1)Nc1ccc(F)cc1. The number of benzene rings is 3. The number of amides is 1. The molecular weight excluding hydrogens is 438 g/mol. The molecular formula is C20H15Cl2FN2O3S. The molecule has 0 unspecified atom stereocenters. The average Bonchev–Trinajstić information content (AvgIpc) is 2.71. The molecule has 3 rings (SSSR count). The van der Waals surface area contributed by atoms with Crippen molar-refractivity contribution in [3.8, 4) is 0 Å². The van der Waals surface area contributed by atoms with Crippen LogP contribution in [0.5, 0.6) is 0 Å². The Balaban J connectivity index is 1.98. The topological polar surface area (TPSA) is 66.5 Å². The molecule has 1 N–H and O–H groups in total. The van der Waals surface area contributed by atoms with Crippen molar-refractivity contribution < 1.29 is 17.6 Å². The van der Waals surface area contributed by atoms with Crippen molar-refractivity contribution in [3.63, 3.8) is 0 Å².